The number of halogens is 1. The molecule has 3 aliphatic rings. The van der Waals surface area contributed by atoms with Gasteiger partial charge in [0.25, 0.3) is 0 Å². The van der Waals surface area contributed by atoms with E-state index in [0.717, 1.165) is 18.7 Å². The minimum Gasteiger partial charge on any atom is -0.379 e. The van der Waals surface area contributed by atoms with Crippen molar-refractivity contribution in [2.45, 2.75) is 18.5 Å². The van der Waals surface area contributed by atoms with Crippen LogP contribution in [0.4, 0.5) is 0 Å². The Balaban J connectivity index is 1.24. The van der Waals surface area contributed by atoms with Gasteiger partial charge in [-0.05, 0) is 24.1 Å². The highest BCUT2D eigenvalue weighted by atomic mass is 35.5. The van der Waals surface area contributed by atoms with Crippen LogP contribution in [0.5, 0.6) is 0 Å². The zero-order valence-corrected chi connectivity index (χ0v) is 17.2. The van der Waals surface area contributed by atoms with Crippen LogP contribution in [0.2, 0.25) is 5.02 Å². The zero-order valence-electron chi connectivity index (χ0n) is 16.5. The number of morpholine rings is 1. The summed E-state index contributed by atoms with van der Waals surface area (Å²) in [4.78, 5) is 31.3. The zero-order chi connectivity index (χ0) is 20.2. The molecule has 0 saturated carbocycles. The van der Waals surface area contributed by atoms with Crippen LogP contribution in [-0.4, -0.2) is 91.6 Å². The molecule has 3 heterocycles. The van der Waals surface area contributed by atoms with E-state index in [4.69, 9.17) is 16.3 Å². The molecule has 2 unspecified atom stereocenters. The number of hydrazine groups is 1. The third kappa shape index (κ3) is 5.07. The highest BCUT2D eigenvalue weighted by Gasteiger charge is 2.34. The van der Waals surface area contributed by atoms with Gasteiger partial charge in [-0.25, -0.2) is 10.9 Å². The fourth-order valence-corrected chi connectivity index (χ4v) is 4.31. The molecule has 3 aliphatic heterocycles. The monoisotopic (exact) mass is 421 g/mol. The minimum atomic E-state index is -0.269. The van der Waals surface area contributed by atoms with Gasteiger partial charge in [0.15, 0.2) is 0 Å². The molecule has 3 saturated heterocycles. The van der Waals surface area contributed by atoms with Gasteiger partial charge in [0.2, 0.25) is 11.8 Å². The summed E-state index contributed by atoms with van der Waals surface area (Å²) in [7, 11) is 0. The standard InChI is InChI=1S/C20H28ClN5O3/c21-16-3-1-2-15(12-16)17-13-18(23-22-17)20(28)26-6-4-25(5-7-26)19(27)14-24-8-10-29-11-9-24/h1-3,12,17-18,22-23H,4-11,13-14H2. The summed E-state index contributed by atoms with van der Waals surface area (Å²) >= 11 is 6.08. The summed E-state index contributed by atoms with van der Waals surface area (Å²) in [6.07, 6.45) is 0.676. The lowest BCUT2D eigenvalue weighted by atomic mass is 10.0. The van der Waals surface area contributed by atoms with Crippen LogP contribution in [0.25, 0.3) is 0 Å². The fourth-order valence-electron chi connectivity index (χ4n) is 4.11. The average molecular weight is 422 g/mol. The number of carbonyl (C=O) groups excluding carboxylic acids is 2. The number of benzene rings is 1. The SMILES string of the molecule is O=C(CN1CCOCC1)N1CCN(C(=O)C2CC(c3cccc(Cl)c3)NN2)CC1. The third-order valence-electron chi connectivity index (χ3n) is 5.86. The Hall–Kier alpha value is -1.71. The Kier molecular flexibility index (Phi) is 6.67. The van der Waals surface area contributed by atoms with Crippen LogP contribution in [-0.2, 0) is 14.3 Å². The van der Waals surface area contributed by atoms with Crippen molar-refractivity contribution in [3.05, 3.63) is 34.9 Å². The van der Waals surface area contributed by atoms with Crippen molar-refractivity contribution in [2.75, 3.05) is 59.0 Å². The summed E-state index contributed by atoms with van der Waals surface area (Å²) in [5.74, 6) is 0.225. The topological polar surface area (TPSA) is 77.2 Å². The van der Waals surface area contributed by atoms with E-state index in [0.29, 0.717) is 57.4 Å². The second-order valence-corrected chi connectivity index (χ2v) is 8.22. The van der Waals surface area contributed by atoms with E-state index in [1.54, 1.807) is 0 Å². The molecule has 1 aromatic rings. The van der Waals surface area contributed by atoms with Crippen LogP contribution in [0, 0.1) is 0 Å². The fraction of sp³-hybridized carbons (Fsp3) is 0.600. The first-order valence-corrected chi connectivity index (χ1v) is 10.6. The molecule has 9 heteroatoms. The highest BCUT2D eigenvalue weighted by Crippen LogP contribution is 2.25. The lowest BCUT2D eigenvalue weighted by Gasteiger charge is -2.37. The van der Waals surface area contributed by atoms with Crippen LogP contribution in [0.1, 0.15) is 18.0 Å². The molecule has 2 atom stereocenters. The molecule has 2 amide bonds. The largest absolute Gasteiger partial charge is 0.379 e. The normalized spacial score (nSPS) is 26.0. The first-order valence-electron chi connectivity index (χ1n) is 10.2. The van der Waals surface area contributed by atoms with Crippen molar-refractivity contribution in [1.29, 1.82) is 0 Å². The van der Waals surface area contributed by atoms with Gasteiger partial charge in [-0.15, -0.1) is 0 Å². The van der Waals surface area contributed by atoms with Gasteiger partial charge in [0.05, 0.1) is 19.8 Å². The Bertz CT molecular complexity index is 735. The summed E-state index contributed by atoms with van der Waals surface area (Å²) in [6, 6.07) is 7.48. The summed E-state index contributed by atoms with van der Waals surface area (Å²) in [6.45, 7) is 5.76. The molecular formula is C20H28ClN5O3. The Morgan fingerprint density at radius 1 is 1.03 bits per heavy atom. The molecule has 0 aromatic heterocycles. The van der Waals surface area contributed by atoms with Gasteiger partial charge < -0.3 is 14.5 Å². The van der Waals surface area contributed by atoms with Gasteiger partial charge in [-0.3, -0.25) is 14.5 Å². The summed E-state index contributed by atoms with van der Waals surface area (Å²) in [5, 5.41) is 0.692. The third-order valence-corrected chi connectivity index (χ3v) is 6.09. The van der Waals surface area contributed by atoms with Crippen molar-refractivity contribution in [1.82, 2.24) is 25.6 Å². The van der Waals surface area contributed by atoms with Crippen LogP contribution >= 0.6 is 11.6 Å². The lowest BCUT2D eigenvalue weighted by Crippen LogP contribution is -2.56. The van der Waals surface area contributed by atoms with Gasteiger partial charge in [-0.2, -0.15) is 0 Å². The predicted octanol–water partition coefficient (Wildman–Crippen LogP) is 0.251. The molecular weight excluding hydrogens is 394 g/mol. The van der Waals surface area contributed by atoms with Crippen LogP contribution in [0.3, 0.4) is 0 Å². The van der Waals surface area contributed by atoms with E-state index in [1.165, 1.54) is 0 Å². The maximum absolute atomic E-state index is 12.9. The number of piperazine rings is 1. The van der Waals surface area contributed by atoms with E-state index in [-0.39, 0.29) is 23.9 Å². The maximum Gasteiger partial charge on any atom is 0.241 e. The average Bonchev–Trinajstić information content (AvgIpc) is 3.24. The second-order valence-electron chi connectivity index (χ2n) is 7.78. The number of hydrogen-bond donors (Lipinski definition) is 2. The Morgan fingerprint density at radius 2 is 1.76 bits per heavy atom. The molecule has 0 spiro atoms. The number of nitrogens with zero attached hydrogens (tertiary/aromatic N) is 3. The lowest BCUT2D eigenvalue weighted by molar-refractivity contribution is -0.141. The van der Waals surface area contributed by atoms with E-state index in [2.05, 4.69) is 15.8 Å². The smallest absolute Gasteiger partial charge is 0.241 e. The number of hydrogen-bond acceptors (Lipinski definition) is 6. The number of ether oxygens (including phenoxy) is 1. The van der Waals surface area contributed by atoms with E-state index < -0.39 is 0 Å². The molecule has 4 rings (SSSR count). The van der Waals surface area contributed by atoms with Crippen molar-refractivity contribution >= 4 is 23.4 Å². The number of rotatable bonds is 4. The highest BCUT2D eigenvalue weighted by molar-refractivity contribution is 6.30. The molecule has 0 bridgehead atoms. The summed E-state index contributed by atoms with van der Waals surface area (Å²) < 4.78 is 5.33. The number of nitrogens with one attached hydrogen (secondary N) is 2. The van der Waals surface area contributed by atoms with E-state index >= 15 is 0 Å². The Morgan fingerprint density at radius 3 is 2.48 bits per heavy atom. The molecule has 8 nitrogen and oxygen atoms in total. The van der Waals surface area contributed by atoms with E-state index in [1.807, 2.05) is 34.1 Å². The van der Waals surface area contributed by atoms with Crippen LogP contribution < -0.4 is 10.9 Å². The molecule has 1 aromatic carbocycles. The van der Waals surface area contributed by atoms with Gasteiger partial charge >= 0.3 is 0 Å². The molecule has 29 heavy (non-hydrogen) atoms. The number of amides is 2. The quantitative estimate of drug-likeness (QED) is 0.725. The molecule has 0 aliphatic carbocycles. The van der Waals surface area contributed by atoms with Crippen LogP contribution in [0.15, 0.2) is 24.3 Å². The Labute approximate surface area is 176 Å². The van der Waals surface area contributed by atoms with Gasteiger partial charge in [0.1, 0.15) is 6.04 Å². The van der Waals surface area contributed by atoms with Crippen molar-refractivity contribution in [3.63, 3.8) is 0 Å². The first-order chi connectivity index (χ1) is 14.1. The molecule has 2 N–H and O–H groups in total. The van der Waals surface area contributed by atoms with Crippen molar-refractivity contribution < 1.29 is 14.3 Å². The first kappa shape index (κ1) is 20.6. The minimum absolute atomic E-state index is 0.0547. The second kappa shape index (κ2) is 9.40. The van der Waals surface area contributed by atoms with Gasteiger partial charge in [-0.1, -0.05) is 23.7 Å². The maximum atomic E-state index is 12.9. The molecule has 158 valence electrons. The predicted molar refractivity (Wildman–Crippen MR) is 109 cm³/mol. The number of carbonyl (C=O) groups is 2. The van der Waals surface area contributed by atoms with Gasteiger partial charge in [0, 0.05) is 50.3 Å². The summed E-state index contributed by atoms with van der Waals surface area (Å²) in [5.41, 5.74) is 7.40. The molecule has 3 fully saturated rings. The molecule has 0 radical (unpaired) electrons. The van der Waals surface area contributed by atoms with Crippen molar-refractivity contribution in [3.8, 4) is 0 Å². The van der Waals surface area contributed by atoms with Crippen molar-refractivity contribution in [2.24, 2.45) is 0 Å². The van der Waals surface area contributed by atoms with E-state index in [9.17, 15) is 9.59 Å².